The molecule has 0 aliphatic carbocycles. The Bertz CT molecular complexity index is 841. The van der Waals surface area contributed by atoms with Gasteiger partial charge in [0.1, 0.15) is 0 Å². The van der Waals surface area contributed by atoms with Crippen LogP contribution in [0.1, 0.15) is 49.6 Å². The molecule has 2 aromatic rings. The van der Waals surface area contributed by atoms with Gasteiger partial charge >= 0.3 is 0 Å². The maximum absolute atomic E-state index is 4.43. The number of rotatable bonds is 4. The van der Waals surface area contributed by atoms with Crippen LogP contribution in [-0.2, 0) is 6.54 Å². The molecule has 0 N–H and O–H groups in total. The van der Waals surface area contributed by atoms with Gasteiger partial charge in [-0.25, -0.2) is 0 Å². The van der Waals surface area contributed by atoms with Gasteiger partial charge in [-0.2, -0.15) is 0 Å². The van der Waals surface area contributed by atoms with Crippen molar-refractivity contribution in [2.45, 2.75) is 40.3 Å². The number of benzene rings is 1. The van der Waals surface area contributed by atoms with Crippen molar-refractivity contribution in [2.24, 2.45) is 4.99 Å². The van der Waals surface area contributed by atoms with Crippen LogP contribution in [-0.4, -0.2) is 31.9 Å². The zero-order valence-corrected chi connectivity index (χ0v) is 15.5. The molecule has 0 amide bonds. The Hall–Kier alpha value is -2.69. The lowest BCUT2D eigenvalue weighted by molar-refractivity contribution is 0.250. The van der Waals surface area contributed by atoms with Crippen LogP contribution in [0.4, 0.5) is 0 Å². The molecule has 0 spiro atoms. The van der Waals surface area contributed by atoms with Crippen LogP contribution < -0.4 is 0 Å². The molecule has 0 saturated carbocycles. The Morgan fingerprint density at radius 1 is 1.12 bits per heavy atom. The lowest BCUT2D eigenvalue weighted by Gasteiger charge is -2.36. The summed E-state index contributed by atoms with van der Waals surface area (Å²) in [5.74, 6) is 1.77. The smallest absolute Gasteiger partial charge is 0.178 e. The average Bonchev–Trinajstić information content (AvgIpc) is 3.00. The summed E-state index contributed by atoms with van der Waals surface area (Å²) >= 11 is 0. The summed E-state index contributed by atoms with van der Waals surface area (Å²) in [6, 6.07) is 8.60. The van der Waals surface area contributed by atoms with Gasteiger partial charge in [-0.15, -0.1) is 10.2 Å². The molecule has 0 radical (unpaired) electrons. The van der Waals surface area contributed by atoms with Crippen molar-refractivity contribution in [3.63, 3.8) is 0 Å². The molecule has 5 nitrogen and oxygen atoms in total. The second-order valence-electron chi connectivity index (χ2n) is 6.65. The highest BCUT2D eigenvalue weighted by molar-refractivity contribution is 5.96. The zero-order chi connectivity index (χ0) is 18.1. The van der Waals surface area contributed by atoms with Gasteiger partial charge in [0.25, 0.3) is 0 Å². The van der Waals surface area contributed by atoms with Crippen molar-refractivity contribution in [2.75, 3.05) is 6.54 Å². The van der Waals surface area contributed by atoms with Gasteiger partial charge in [0.15, 0.2) is 11.6 Å². The summed E-state index contributed by atoms with van der Waals surface area (Å²) in [5, 5.41) is 8.79. The third-order valence-corrected chi connectivity index (χ3v) is 4.60. The van der Waals surface area contributed by atoms with Crippen molar-refractivity contribution < 1.29 is 0 Å². The summed E-state index contributed by atoms with van der Waals surface area (Å²) in [7, 11) is 0. The summed E-state index contributed by atoms with van der Waals surface area (Å²) in [6.45, 7) is 17.9. The van der Waals surface area contributed by atoms with Gasteiger partial charge in [0.2, 0.25) is 0 Å². The van der Waals surface area contributed by atoms with Gasteiger partial charge in [0, 0.05) is 24.5 Å². The first-order valence-electron chi connectivity index (χ1n) is 8.55. The first kappa shape index (κ1) is 17.1. The van der Waals surface area contributed by atoms with Gasteiger partial charge in [-0.1, -0.05) is 43.0 Å². The molecule has 25 heavy (non-hydrogen) atoms. The van der Waals surface area contributed by atoms with Gasteiger partial charge < -0.3 is 9.47 Å². The number of nitrogens with zero attached hydrogens (tertiary/aromatic N) is 5. The monoisotopic (exact) mass is 335 g/mol. The fraction of sp³-hybridized carbons (Fsp3) is 0.350. The Labute approximate surface area is 149 Å². The molecule has 2 heterocycles. The number of allylic oxidation sites excluding steroid dienone is 1. The number of hydrogen-bond donors (Lipinski definition) is 0. The van der Waals surface area contributed by atoms with Crippen LogP contribution in [0.2, 0.25) is 0 Å². The van der Waals surface area contributed by atoms with Crippen molar-refractivity contribution >= 4 is 11.4 Å². The van der Waals surface area contributed by atoms with E-state index in [9.17, 15) is 0 Å². The lowest BCUT2D eigenvalue weighted by atomic mass is 10.1. The summed E-state index contributed by atoms with van der Waals surface area (Å²) < 4.78 is 2.16. The van der Waals surface area contributed by atoms with E-state index in [-0.39, 0.29) is 6.04 Å². The predicted octanol–water partition coefficient (Wildman–Crippen LogP) is 3.98. The SMILES string of the molecule is C=C(C)/N=C(\C)c1nnc2n1CCN(C(=C)c1ccc(C)cc1)[C@@H]2C. The van der Waals surface area contributed by atoms with Gasteiger partial charge in [0.05, 0.1) is 11.8 Å². The second kappa shape index (κ2) is 6.67. The van der Waals surface area contributed by atoms with Crippen molar-refractivity contribution in [3.05, 3.63) is 65.9 Å². The largest absolute Gasteiger partial charge is 0.360 e. The van der Waals surface area contributed by atoms with E-state index in [0.29, 0.717) is 0 Å². The third-order valence-electron chi connectivity index (χ3n) is 4.60. The molecule has 130 valence electrons. The minimum Gasteiger partial charge on any atom is -0.360 e. The quantitative estimate of drug-likeness (QED) is 0.794. The maximum atomic E-state index is 4.43. The van der Waals surface area contributed by atoms with Crippen molar-refractivity contribution in [3.8, 4) is 0 Å². The van der Waals surface area contributed by atoms with Crippen LogP contribution in [0.5, 0.6) is 0 Å². The summed E-state index contributed by atoms with van der Waals surface area (Å²) in [4.78, 5) is 6.73. The molecular formula is C20H25N5. The van der Waals surface area contributed by atoms with E-state index >= 15 is 0 Å². The fourth-order valence-electron chi connectivity index (χ4n) is 3.27. The standard InChI is InChI=1S/C20H25N5/c1-13(2)21-15(4)19-22-23-20-17(6)24(11-12-25(19)20)16(5)18-9-7-14(3)8-10-18/h7-10,17H,1,5,11-12H2,2-4,6H3/b21-15+/t17-/m1/s1. The molecule has 0 bridgehead atoms. The van der Waals surface area contributed by atoms with Gasteiger partial charge in [-0.3, -0.25) is 4.99 Å². The van der Waals surface area contributed by atoms with E-state index in [1.807, 2.05) is 13.8 Å². The fourth-order valence-corrected chi connectivity index (χ4v) is 3.27. The van der Waals surface area contributed by atoms with E-state index in [1.165, 1.54) is 5.56 Å². The first-order valence-corrected chi connectivity index (χ1v) is 8.55. The molecule has 1 aliphatic heterocycles. The van der Waals surface area contributed by atoms with Crippen molar-refractivity contribution in [1.82, 2.24) is 19.7 Å². The minimum atomic E-state index is 0.112. The van der Waals surface area contributed by atoms with E-state index in [0.717, 1.165) is 47.4 Å². The summed E-state index contributed by atoms with van der Waals surface area (Å²) in [5.41, 5.74) is 5.04. The zero-order valence-electron chi connectivity index (χ0n) is 15.5. The number of fused-ring (bicyclic) bond motifs is 1. The minimum absolute atomic E-state index is 0.112. The van der Waals surface area contributed by atoms with E-state index in [1.54, 1.807) is 0 Å². The van der Waals surface area contributed by atoms with Crippen LogP contribution in [0.25, 0.3) is 5.70 Å². The Kier molecular flexibility index (Phi) is 4.57. The highest BCUT2D eigenvalue weighted by Gasteiger charge is 2.29. The Balaban J connectivity index is 1.88. The molecule has 5 heteroatoms. The molecule has 0 unspecified atom stereocenters. The topological polar surface area (TPSA) is 46.3 Å². The number of aliphatic imine (C=N–C) groups is 1. The Morgan fingerprint density at radius 2 is 1.80 bits per heavy atom. The van der Waals surface area contributed by atoms with Crippen LogP contribution >= 0.6 is 0 Å². The summed E-state index contributed by atoms with van der Waals surface area (Å²) in [6.07, 6.45) is 0. The highest BCUT2D eigenvalue weighted by Crippen LogP contribution is 2.31. The number of aryl methyl sites for hydroxylation is 1. The average molecular weight is 335 g/mol. The molecule has 1 atom stereocenters. The number of hydrogen-bond acceptors (Lipinski definition) is 4. The van der Waals surface area contributed by atoms with Gasteiger partial charge in [-0.05, 0) is 33.3 Å². The first-order chi connectivity index (χ1) is 11.9. The molecule has 3 rings (SSSR count). The van der Waals surface area contributed by atoms with Crippen LogP contribution in [0.3, 0.4) is 0 Å². The molecule has 1 aliphatic rings. The normalized spacial score (nSPS) is 17.4. The van der Waals surface area contributed by atoms with E-state index in [4.69, 9.17) is 0 Å². The third kappa shape index (κ3) is 3.27. The van der Waals surface area contributed by atoms with E-state index < -0.39 is 0 Å². The molecule has 1 aromatic heterocycles. The lowest BCUT2D eigenvalue weighted by Crippen LogP contribution is -2.36. The van der Waals surface area contributed by atoms with E-state index in [2.05, 4.69) is 75.9 Å². The highest BCUT2D eigenvalue weighted by atomic mass is 15.4. The second-order valence-corrected chi connectivity index (χ2v) is 6.65. The predicted molar refractivity (Wildman–Crippen MR) is 102 cm³/mol. The number of aromatic nitrogens is 3. The molecule has 0 saturated heterocycles. The molecular weight excluding hydrogens is 310 g/mol. The van der Waals surface area contributed by atoms with Crippen molar-refractivity contribution in [1.29, 1.82) is 0 Å². The maximum Gasteiger partial charge on any atom is 0.178 e. The Morgan fingerprint density at radius 3 is 2.44 bits per heavy atom. The van der Waals surface area contributed by atoms with Crippen LogP contribution in [0.15, 0.2) is 48.1 Å². The molecule has 0 fully saturated rings. The molecule has 1 aromatic carbocycles. The van der Waals surface area contributed by atoms with Crippen LogP contribution in [0, 0.1) is 6.92 Å².